The fourth-order valence-electron chi connectivity index (χ4n) is 1.75. The number of hydrogen-bond acceptors (Lipinski definition) is 4. The lowest BCUT2D eigenvalue weighted by Gasteiger charge is -2.11. The number of Topliss-reactive ketones (excluding diaryl/α,β-unsaturated/α-hetero) is 2. The van der Waals surface area contributed by atoms with Gasteiger partial charge in [0.2, 0.25) is 12.0 Å². The van der Waals surface area contributed by atoms with Crippen molar-refractivity contribution in [1.82, 2.24) is 0 Å². The van der Waals surface area contributed by atoms with Crippen LogP contribution in [0.1, 0.15) is 30.6 Å². The van der Waals surface area contributed by atoms with E-state index in [2.05, 4.69) is 0 Å². The van der Waals surface area contributed by atoms with Crippen LogP contribution in [0.5, 0.6) is 11.5 Å². The first-order valence-corrected chi connectivity index (χ1v) is 6.33. The first-order valence-electron chi connectivity index (χ1n) is 6.33. The SMILES string of the molecule is COc1cc(OC)cc(C(=O)C(F)C(=O)CC(C)C)c1. The monoisotopic (exact) mass is 282 g/mol. The van der Waals surface area contributed by atoms with Gasteiger partial charge in [-0.3, -0.25) is 9.59 Å². The quantitative estimate of drug-likeness (QED) is 0.570. The minimum absolute atomic E-state index is 0.00777. The van der Waals surface area contributed by atoms with Crippen LogP contribution in [-0.2, 0) is 4.79 Å². The molecule has 0 aliphatic heterocycles. The maximum atomic E-state index is 13.9. The van der Waals surface area contributed by atoms with Crippen LogP contribution in [-0.4, -0.2) is 32.0 Å². The molecule has 0 heterocycles. The average molecular weight is 282 g/mol. The second-order valence-electron chi connectivity index (χ2n) is 4.89. The Kier molecular flexibility index (Phi) is 5.67. The number of rotatable bonds is 7. The molecule has 4 nitrogen and oxygen atoms in total. The Balaban J connectivity index is 2.99. The van der Waals surface area contributed by atoms with Gasteiger partial charge < -0.3 is 9.47 Å². The zero-order chi connectivity index (χ0) is 15.3. The van der Waals surface area contributed by atoms with Gasteiger partial charge in [0, 0.05) is 18.1 Å². The number of halogens is 1. The van der Waals surface area contributed by atoms with Crippen LogP contribution in [0.2, 0.25) is 0 Å². The summed E-state index contributed by atoms with van der Waals surface area (Å²) in [4.78, 5) is 23.6. The van der Waals surface area contributed by atoms with E-state index in [0.717, 1.165) is 0 Å². The van der Waals surface area contributed by atoms with Gasteiger partial charge >= 0.3 is 0 Å². The minimum atomic E-state index is -2.14. The highest BCUT2D eigenvalue weighted by atomic mass is 19.1. The van der Waals surface area contributed by atoms with Gasteiger partial charge in [-0.25, -0.2) is 4.39 Å². The van der Waals surface area contributed by atoms with Crippen LogP contribution in [0, 0.1) is 5.92 Å². The predicted molar refractivity (Wildman–Crippen MR) is 73.2 cm³/mol. The third-order valence-electron chi connectivity index (χ3n) is 2.76. The van der Waals surface area contributed by atoms with E-state index >= 15 is 0 Å². The van der Waals surface area contributed by atoms with Crippen LogP contribution in [0.15, 0.2) is 18.2 Å². The van der Waals surface area contributed by atoms with Gasteiger partial charge in [0.05, 0.1) is 14.2 Å². The lowest BCUT2D eigenvalue weighted by molar-refractivity contribution is -0.122. The largest absolute Gasteiger partial charge is 0.497 e. The van der Waals surface area contributed by atoms with Gasteiger partial charge in [0.25, 0.3) is 0 Å². The second-order valence-corrected chi connectivity index (χ2v) is 4.89. The maximum Gasteiger partial charge on any atom is 0.220 e. The summed E-state index contributed by atoms with van der Waals surface area (Å²) in [5.41, 5.74) is 0.0609. The summed E-state index contributed by atoms with van der Waals surface area (Å²) < 4.78 is 24.0. The third kappa shape index (κ3) is 4.05. The predicted octanol–water partition coefficient (Wildman–Crippen LogP) is 2.84. The summed E-state index contributed by atoms with van der Waals surface area (Å²) >= 11 is 0. The highest BCUT2D eigenvalue weighted by molar-refractivity contribution is 6.13. The van der Waals surface area contributed by atoms with Gasteiger partial charge in [0.1, 0.15) is 11.5 Å². The molecule has 5 heteroatoms. The number of methoxy groups -OCH3 is 2. The van der Waals surface area contributed by atoms with Crippen molar-refractivity contribution >= 4 is 11.6 Å². The Morgan fingerprint density at radius 2 is 1.60 bits per heavy atom. The molecule has 0 saturated heterocycles. The summed E-state index contributed by atoms with van der Waals surface area (Å²) in [6, 6.07) is 4.35. The van der Waals surface area contributed by atoms with Crippen molar-refractivity contribution < 1.29 is 23.5 Å². The molecule has 1 rings (SSSR count). The zero-order valence-electron chi connectivity index (χ0n) is 12.1. The lowest BCUT2D eigenvalue weighted by atomic mass is 9.98. The molecular formula is C15H19FO4. The number of alkyl halides is 1. The lowest BCUT2D eigenvalue weighted by Crippen LogP contribution is -2.27. The molecule has 1 aromatic carbocycles. The number of hydrogen-bond donors (Lipinski definition) is 0. The maximum absolute atomic E-state index is 13.9. The summed E-state index contributed by atoms with van der Waals surface area (Å²) in [5.74, 6) is -0.819. The van der Waals surface area contributed by atoms with E-state index in [0.29, 0.717) is 11.5 Å². The van der Waals surface area contributed by atoms with Crippen molar-refractivity contribution in [3.05, 3.63) is 23.8 Å². The van der Waals surface area contributed by atoms with E-state index in [1.807, 2.05) is 0 Å². The Labute approximate surface area is 117 Å². The molecule has 0 aliphatic carbocycles. The standard InChI is InChI=1S/C15H19FO4/c1-9(2)5-13(17)14(16)15(18)10-6-11(19-3)8-12(7-10)20-4/h6-9,14H,5H2,1-4H3. The number of ketones is 2. The highest BCUT2D eigenvalue weighted by Crippen LogP contribution is 2.24. The molecular weight excluding hydrogens is 263 g/mol. The number of carbonyl (C=O) groups is 2. The summed E-state index contributed by atoms with van der Waals surface area (Å²) in [6.45, 7) is 3.59. The molecule has 0 bridgehead atoms. The smallest absolute Gasteiger partial charge is 0.220 e. The van der Waals surface area contributed by atoms with Gasteiger partial charge in [-0.15, -0.1) is 0 Å². The molecule has 0 aromatic heterocycles. The van der Waals surface area contributed by atoms with Crippen molar-refractivity contribution in [2.45, 2.75) is 26.4 Å². The minimum Gasteiger partial charge on any atom is -0.497 e. The van der Waals surface area contributed by atoms with Crippen LogP contribution in [0.25, 0.3) is 0 Å². The number of carbonyl (C=O) groups excluding carboxylic acids is 2. The molecule has 0 spiro atoms. The number of ether oxygens (including phenoxy) is 2. The van der Waals surface area contributed by atoms with E-state index in [4.69, 9.17) is 9.47 Å². The Morgan fingerprint density at radius 1 is 1.10 bits per heavy atom. The van der Waals surface area contributed by atoms with Crippen molar-refractivity contribution in [2.75, 3.05) is 14.2 Å². The summed E-state index contributed by atoms with van der Waals surface area (Å²) in [5, 5.41) is 0. The molecule has 0 fully saturated rings. The first kappa shape index (κ1) is 16.1. The van der Waals surface area contributed by atoms with E-state index in [1.165, 1.54) is 26.4 Å². The normalized spacial score (nSPS) is 12.1. The third-order valence-corrected chi connectivity index (χ3v) is 2.76. The van der Waals surface area contributed by atoms with Crippen molar-refractivity contribution in [3.8, 4) is 11.5 Å². The van der Waals surface area contributed by atoms with Crippen molar-refractivity contribution in [1.29, 1.82) is 0 Å². The highest BCUT2D eigenvalue weighted by Gasteiger charge is 2.28. The number of benzene rings is 1. The van der Waals surface area contributed by atoms with Gasteiger partial charge in [-0.05, 0) is 18.1 Å². The van der Waals surface area contributed by atoms with E-state index < -0.39 is 17.7 Å². The molecule has 1 atom stereocenters. The van der Waals surface area contributed by atoms with Crippen LogP contribution in [0.4, 0.5) is 4.39 Å². The molecule has 0 radical (unpaired) electrons. The van der Waals surface area contributed by atoms with Gasteiger partial charge in [-0.1, -0.05) is 13.8 Å². The summed E-state index contributed by atoms with van der Waals surface area (Å²) in [6.07, 6.45) is -2.11. The average Bonchev–Trinajstić information content (AvgIpc) is 2.44. The molecule has 0 amide bonds. The molecule has 1 aromatic rings. The Morgan fingerprint density at radius 3 is 2.00 bits per heavy atom. The van der Waals surface area contributed by atoms with Gasteiger partial charge in [-0.2, -0.15) is 0 Å². The Hall–Kier alpha value is -1.91. The van der Waals surface area contributed by atoms with E-state index in [1.54, 1.807) is 19.9 Å². The first-order chi connectivity index (χ1) is 9.38. The summed E-state index contributed by atoms with van der Waals surface area (Å²) in [7, 11) is 2.86. The van der Waals surface area contributed by atoms with Crippen LogP contribution >= 0.6 is 0 Å². The van der Waals surface area contributed by atoms with Crippen molar-refractivity contribution in [2.24, 2.45) is 5.92 Å². The Bertz CT molecular complexity index is 474. The second kappa shape index (κ2) is 7.03. The van der Waals surface area contributed by atoms with Gasteiger partial charge in [0.15, 0.2) is 5.78 Å². The zero-order valence-corrected chi connectivity index (χ0v) is 12.1. The van der Waals surface area contributed by atoms with E-state index in [9.17, 15) is 14.0 Å². The molecule has 0 N–H and O–H groups in total. The van der Waals surface area contributed by atoms with Crippen LogP contribution < -0.4 is 9.47 Å². The molecule has 1 unspecified atom stereocenters. The molecule has 0 saturated carbocycles. The fraction of sp³-hybridized carbons (Fsp3) is 0.467. The molecule has 0 aliphatic rings. The molecule has 110 valence electrons. The van der Waals surface area contributed by atoms with E-state index in [-0.39, 0.29) is 17.9 Å². The molecule has 20 heavy (non-hydrogen) atoms. The van der Waals surface area contributed by atoms with Crippen LogP contribution in [0.3, 0.4) is 0 Å². The fourth-order valence-corrected chi connectivity index (χ4v) is 1.75. The topological polar surface area (TPSA) is 52.6 Å². The van der Waals surface area contributed by atoms with Crippen molar-refractivity contribution in [3.63, 3.8) is 0 Å².